The molecule has 2 aromatic rings. The van der Waals surface area contributed by atoms with E-state index in [-0.39, 0.29) is 23.4 Å². The zero-order chi connectivity index (χ0) is 22.3. The molecule has 0 spiro atoms. The van der Waals surface area contributed by atoms with Gasteiger partial charge in [-0.15, -0.1) is 0 Å². The molecule has 1 heterocycles. The van der Waals surface area contributed by atoms with Crippen molar-refractivity contribution in [3.8, 4) is 5.75 Å². The van der Waals surface area contributed by atoms with Crippen molar-refractivity contribution in [3.05, 3.63) is 54.1 Å². The first-order valence-electron chi connectivity index (χ1n) is 10.8. The van der Waals surface area contributed by atoms with Crippen molar-refractivity contribution in [2.75, 3.05) is 31.6 Å². The Morgan fingerprint density at radius 2 is 1.81 bits per heavy atom. The number of nitrogens with one attached hydrogen (secondary N) is 2. The van der Waals surface area contributed by atoms with Crippen molar-refractivity contribution in [1.29, 1.82) is 0 Å². The molecule has 1 saturated heterocycles. The molecule has 2 N–H and O–H groups in total. The number of hydrogen-bond acceptors (Lipinski definition) is 5. The first-order chi connectivity index (χ1) is 14.9. The summed E-state index contributed by atoms with van der Waals surface area (Å²) < 4.78 is 33.2. The summed E-state index contributed by atoms with van der Waals surface area (Å²) in [5, 5.41) is 6.00. The molecular formula is C23H31N3O4S. The zero-order valence-corrected chi connectivity index (χ0v) is 19.0. The van der Waals surface area contributed by atoms with Gasteiger partial charge in [0.25, 0.3) is 0 Å². The number of hydrogen-bond donors (Lipinski definition) is 2. The third-order valence-electron chi connectivity index (χ3n) is 5.35. The second kappa shape index (κ2) is 10.7. The van der Waals surface area contributed by atoms with E-state index in [9.17, 15) is 13.2 Å². The SMILES string of the molecule is CCOc1ccc(S(=O)(=O)N2CCCCC2)cc1NC(=O)CN[C@H](C)c1ccccc1. The molecule has 1 amide bonds. The molecule has 1 fully saturated rings. The van der Waals surface area contributed by atoms with Crippen molar-refractivity contribution in [2.45, 2.75) is 44.0 Å². The molecule has 0 aromatic heterocycles. The predicted molar refractivity (Wildman–Crippen MR) is 122 cm³/mol. The Kier molecular flexibility index (Phi) is 8.06. The van der Waals surface area contributed by atoms with Crippen LogP contribution in [0.4, 0.5) is 5.69 Å². The normalized spacial score (nSPS) is 15.9. The maximum atomic E-state index is 13.0. The minimum atomic E-state index is -3.60. The maximum absolute atomic E-state index is 13.0. The fraction of sp³-hybridized carbons (Fsp3) is 0.435. The Morgan fingerprint density at radius 1 is 1.10 bits per heavy atom. The first kappa shape index (κ1) is 23.2. The van der Waals surface area contributed by atoms with Crippen LogP contribution in [-0.4, -0.2) is 44.9 Å². The van der Waals surface area contributed by atoms with Crippen LogP contribution in [0.5, 0.6) is 5.75 Å². The van der Waals surface area contributed by atoms with Gasteiger partial charge in [0, 0.05) is 19.1 Å². The quantitative estimate of drug-likeness (QED) is 0.616. The van der Waals surface area contributed by atoms with Crippen molar-refractivity contribution in [3.63, 3.8) is 0 Å². The molecule has 8 heteroatoms. The molecule has 0 bridgehead atoms. The highest BCUT2D eigenvalue weighted by Crippen LogP contribution is 2.30. The van der Waals surface area contributed by atoms with Crippen LogP contribution in [0.1, 0.15) is 44.7 Å². The number of amides is 1. The van der Waals surface area contributed by atoms with Crippen molar-refractivity contribution < 1.29 is 17.9 Å². The number of anilines is 1. The average molecular weight is 446 g/mol. The molecule has 1 aliphatic heterocycles. The summed E-state index contributed by atoms with van der Waals surface area (Å²) in [6, 6.07) is 14.5. The topological polar surface area (TPSA) is 87.7 Å². The molecule has 7 nitrogen and oxygen atoms in total. The smallest absolute Gasteiger partial charge is 0.243 e. The van der Waals surface area contributed by atoms with Crippen LogP contribution >= 0.6 is 0 Å². The third-order valence-corrected chi connectivity index (χ3v) is 7.24. The van der Waals surface area contributed by atoms with E-state index in [2.05, 4.69) is 10.6 Å². The van der Waals surface area contributed by atoms with E-state index < -0.39 is 10.0 Å². The minimum absolute atomic E-state index is 0.00382. The van der Waals surface area contributed by atoms with E-state index in [4.69, 9.17) is 4.74 Å². The van der Waals surface area contributed by atoms with Gasteiger partial charge in [-0.3, -0.25) is 4.79 Å². The lowest BCUT2D eigenvalue weighted by atomic mass is 10.1. The second-order valence-corrected chi connectivity index (χ2v) is 9.56. The number of sulfonamides is 1. The Bertz CT molecular complexity index is 974. The highest BCUT2D eigenvalue weighted by atomic mass is 32.2. The lowest BCUT2D eigenvalue weighted by Gasteiger charge is -2.26. The van der Waals surface area contributed by atoms with Crippen molar-refractivity contribution in [1.82, 2.24) is 9.62 Å². The molecule has 2 aromatic carbocycles. The molecule has 168 valence electrons. The summed E-state index contributed by atoms with van der Waals surface area (Å²) in [6.45, 7) is 5.37. The van der Waals surface area contributed by atoms with Gasteiger partial charge in [-0.2, -0.15) is 4.31 Å². The van der Waals surface area contributed by atoms with Crippen LogP contribution in [-0.2, 0) is 14.8 Å². The molecule has 3 rings (SSSR count). The van der Waals surface area contributed by atoms with E-state index in [1.807, 2.05) is 44.2 Å². The number of piperidine rings is 1. The molecule has 0 radical (unpaired) electrons. The molecule has 0 aliphatic carbocycles. The highest BCUT2D eigenvalue weighted by Gasteiger charge is 2.27. The molecular weight excluding hydrogens is 414 g/mol. The number of carbonyl (C=O) groups is 1. The number of benzene rings is 2. The van der Waals surface area contributed by atoms with Crippen LogP contribution in [0.3, 0.4) is 0 Å². The lowest BCUT2D eigenvalue weighted by Crippen LogP contribution is -2.35. The maximum Gasteiger partial charge on any atom is 0.243 e. The Morgan fingerprint density at radius 3 is 2.48 bits per heavy atom. The number of carbonyl (C=O) groups excluding carboxylic acids is 1. The number of rotatable bonds is 9. The first-order valence-corrected chi connectivity index (χ1v) is 12.2. The molecule has 0 saturated carbocycles. The van der Waals surface area contributed by atoms with Crippen LogP contribution in [0, 0.1) is 0 Å². The largest absolute Gasteiger partial charge is 0.492 e. The fourth-order valence-corrected chi connectivity index (χ4v) is 5.15. The fourth-order valence-electron chi connectivity index (χ4n) is 3.60. The van der Waals surface area contributed by atoms with Crippen LogP contribution in [0.15, 0.2) is 53.4 Å². The number of nitrogens with zero attached hydrogens (tertiary/aromatic N) is 1. The van der Waals surface area contributed by atoms with Gasteiger partial charge in [0.05, 0.1) is 23.7 Å². The van der Waals surface area contributed by atoms with Crippen LogP contribution in [0.25, 0.3) is 0 Å². The van der Waals surface area contributed by atoms with Gasteiger partial charge < -0.3 is 15.4 Å². The van der Waals surface area contributed by atoms with Crippen LogP contribution in [0.2, 0.25) is 0 Å². The summed E-state index contributed by atoms with van der Waals surface area (Å²) in [6.07, 6.45) is 2.78. The van der Waals surface area contributed by atoms with Gasteiger partial charge in [-0.25, -0.2) is 8.42 Å². The standard InChI is InChI=1S/C23H31N3O4S/c1-3-30-22-13-12-20(31(28,29)26-14-8-5-9-15-26)16-21(22)25-23(27)17-24-18(2)19-10-6-4-7-11-19/h4,6-7,10-13,16,18,24H,3,5,8-9,14-15,17H2,1-2H3,(H,25,27)/t18-/m1/s1. The summed E-state index contributed by atoms with van der Waals surface area (Å²) in [5.41, 5.74) is 1.44. The molecule has 1 aliphatic rings. The predicted octanol–water partition coefficient (Wildman–Crippen LogP) is 3.55. The van der Waals surface area contributed by atoms with Crippen LogP contribution < -0.4 is 15.4 Å². The molecule has 0 unspecified atom stereocenters. The van der Waals surface area contributed by atoms with Gasteiger partial charge >= 0.3 is 0 Å². The zero-order valence-electron chi connectivity index (χ0n) is 18.1. The van der Waals surface area contributed by atoms with Crippen molar-refractivity contribution >= 4 is 21.6 Å². The van der Waals surface area contributed by atoms with E-state index >= 15 is 0 Å². The van der Waals surface area contributed by atoms with E-state index in [1.165, 1.54) is 10.4 Å². The summed E-state index contributed by atoms with van der Waals surface area (Å²) >= 11 is 0. The molecule has 31 heavy (non-hydrogen) atoms. The van der Waals surface area contributed by atoms with Gasteiger partial charge in [0.15, 0.2) is 0 Å². The average Bonchev–Trinajstić information content (AvgIpc) is 2.80. The summed E-state index contributed by atoms with van der Waals surface area (Å²) in [7, 11) is -3.60. The molecule has 1 atom stereocenters. The van der Waals surface area contributed by atoms with Crippen molar-refractivity contribution in [2.24, 2.45) is 0 Å². The summed E-state index contributed by atoms with van der Waals surface area (Å²) in [5.74, 6) is 0.181. The van der Waals surface area contributed by atoms with E-state index in [0.717, 1.165) is 24.8 Å². The summed E-state index contributed by atoms with van der Waals surface area (Å²) in [4.78, 5) is 12.7. The monoisotopic (exact) mass is 445 g/mol. The van der Waals surface area contributed by atoms with E-state index in [0.29, 0.717) is 31.1 Å². The minimum Gasteiger partial charge on any atom is -0.492 e. The van der Waals surface area contributed by atoms with Gasteiger partial charge in [0.2, 0.25) is 15.9 Å². The van der Waals surface area contributed by atoms with Gasteiger partial charge in [0.1, 0.15) is 5.75 Å². The highest BCUT2D eigenvalue weighted by molar-refractivity contribution is 7.89. The van der Waals surface area contributed by atoms with E-state index in [1.54, 1.807) is 12.1 Å². The Balaban J connectivity index is 1.72. The number of ether oxygens (including phenoxy) is 1. The van der Waals surface area contributed by atoms with Gasteiger partial charge in [-0.05, 0) is 50.5 Å². The lowest BCUT2D eigenvalue weighted by molar-refractivity contribution is -0.115. The Labute approximate surface area is 184 Å². The Hall–Kier alpha value is -2.42. The second-order valence-electron chi connectivity index (χ2n) is 7.62. The van der Waals surface area contributed by atoms with Gasteiger partial charge in [-0.1, -0.05) is 36.8 Å². The third kappa shape index (κ3) is 6.06.